The summed E-state index contributed by atoms with van der Waals surface area (Å²) in [6, 6.07) is 3.36. The fourth-order valence-corrected chi connectivity index (χ4v) is 2.64. The second-order valence-electron chi connectivity index (χ2n) is 5.82. The minimum atomic E-state index is -0.216. The van der Waals surface area contributed by atoms with Crippen LogP contribution in [0.2, 0.25) is 0 Å². The lowest BCUT2D eigenvalue weighted by molar-refractivity contribution is 0.0943. The summed E-state index contributed by atoms with van der Waals surface area (Å²) in [7, 11) is 4.55. The molecule has 0 aliphatic heterocycles. The summed E-state index contributed by atoms with van der Waals surface area (Å²) in [6.45, 7) is 5.36. The number of amides is 1. The molecule has 25 heavy (non-hydrogen) atoms. The number of imidazole rings is 1. The minimum absolute atomic E-state index is 0.216. The van der Waals surface area contributed by atoms with Gasteiger partial charge in [0.2, 0.25) is 5.75 Å². The van der Waals surface area contributed by atoms with E-state index >= 15 is 0 Å². The molecule has 0 saturated carbocycles. The number of ether oxygens (including phenoxy) is 3. The smallest absolute Gasteiger partial charge is 0.255 e. The highest BCUT2D eigenvalue weighted by Crippen LogP contribution is 2.39. The molecule has 0 aliphatic carbocycles. The van der Waals surface area contributed by atoms with Crippen molar-refractivity contribution in [2.75, 3.05) is 27.9 Å². The van der Waals surface area contributed by atoms with Crippen molar-refractivity contribution in [1.29, 1.82) is 0 Å². The molecule has 0 aliphatic rings. The van der Waals surface area contributed by atoms with Gasteiger partial charge in [-0.25, -0.2) is 4.98 Å². The molecule has 1 N–H and O–H groups in total. The molecule has 2 aromatic rings. The second-order valence-corrected chi connectivity index (χ2v) is 5.82. The first-order valence-electron chi connectivity index (χ1n) is 8.06. The van der Waals surface area contributed by atoms with Gasteiger partial charge < -0.3 is 24.1 Å². The van der Waals surface area contributed by atoms with E-state index in [2.05, 4.69) is 21.8 Å². The van der Waals surface area contributed by atoms with E-state index in [0.717, 1.165) is 12.4 Å². The van der Waals surface area contributed by atoms with Crippen LogP contribution in [-0.4, -0.2) is 43.3 Å². The Morgan fingerprint density at radius 3 is 2.48 bits per heavy atom. The van der Waals surface area contributed by atoms with Crippen LogP contribution >= 0.6 is 0 Å². The Morgan fingerprint density at radius 1 is 1.20 bits per heavy atom. The SMILES string of the molecule is COc1ccc(C(=O)NCC(C)Cn2ccnc2C)c(OC)c1OC. The van der Waals surface area contributed by atoms with Crippen molar-refractivity contribution in [3.05, 3.63) is 35.9 Å². The number of methoxy groups -OCH3 is 3. The van der Waals surface area contributed by atoms with Crippen molar-refractivity contribution >= 4 is 5.91 Å². The second kappa shape index (κ2) is 8.41. The number of nitrogens with one attached hydrogen (secondary N) is 1. The number of hydrogen-bond donors (Lipinski definition) is 1. The van der Waals surface area contributed by atoms with Crippen LogP contribution in [0.4, 0.5) is 0 Å². The van der Waals surface area contributed by atoms with Crippen molar-refractivity contribution in [3.8, 4) is 17.2 Å². The highest BCUT2D eigenvalue weighted by atomic mass is 16.5. The number of aryl methyl sites for hydroxylation is 1. The van der Waals surface area contributed by atoms with E-state index in [1.807, 2.05) is 13.1 Å². The van der Waals surface area contributed by atoms with Gasteiger partial charge in [0.1, 0.15) is 5.82 Å². The van der Waals surface area contributed by atoms with Gasteiger partial charge in [-0.2, -0.15) is 0 Å². The van der Waals surface area contributed by atoms with Crippen LogP contribution in [-0.2, 0) is 6.54 Å². The van der Waals surface area contributed by atoms with Gasteiger partial charge in [0.15, 0.2) is 11.5 Å². The first-order valence-corrected chi connectivity index (χ1v) is 8.06. The van der Waals surface area contributed by atoms with Crippen LogP contribution in [0.15, 0.2) is 24.5 Å². The molecule has 1 heterocycles. The molecule has 1 aromatic heterocycles. The number of benzene rings is 1. The van der Waals surface area contributed by atoms with Crippen LogP contribution in [0, 0.1) is 12.8 Å². The molecule has 7 nitrogen and oxygen atoms in total. The average Bonchev–Trinajstić information content (AvgIpc) is 3.02. The molecule has 0 radical (unpaired) electrons. The van der Waals surface area contributed by atoms with Gasteiger partial charge in [-0.1, -0.05) is 6.92 Å². The van der Waals surface area contributed by atoms with E-state index < -0.39 is 0 Å². The summed E-state index contributed by atoms with van der Waals surface area (Å²) >= 11 is 0. The van der Waals surface area contributed by atoms with Gasteiger partial charge >= 0.3 is 0 Å². The molecule has 0 saturated heterocycles. The third-order valence-corrected chi connectivity index (χ3v) is 3.99. The van der Waals surface area contributed by atoms with Crippen molar-refractivity contribution in [2.45, 2.75) is 20.4 Å². The molecule has 0 fully saturated rings. The normalized spacial score (nSPS) is 11.7. The molecule has 136 valence electrons. The Labute approximate surface area is 147 Å². The molecular formula is C18H25N3O4. The summed E-state index contributed by atoms with van der Waals surface area (Å²) < 4.78 is 18.0. The molecule has 1 atom stereocenters. The van der Waals surface area contributed by atoms with E-state index in [9.17, 15) is 4.79 Å². The van der Waals surface area contributed by atoms with Gasteiger partial charge in [0, 0.05) is 25.5 Å². The Kier molecular flexibility index (Phi) is 6.27. The Balaban J connectivity index is 2.06. The van der Waals surface area contributed by atoms with Gasteiger partial charge in [-0.05, 0) is 25.0 Å². The van der Waals surface area contributed by atoms with Crippen LogP contribution in [0.25, 0.3) is 0 Å². The summed E-state index contributed by atoms with van der Waals surface area (Å²) in [4.78, 5) is 16.8. The molecule has 1 unspecified atom stereocenters. The number of rotatable bonds is 8. The highest BCUT2D eigenvalue weighted by Gasteiger charge is 2.20. The maximum Gasteiger partial charge on any atom is 0.255 e. The number of aromatic nitrogens is 2. The minimum Gasteiger partial charge on any atom is -0.493 e. The zero-order valence-electron chi connectivity index (χ0n) is 15.3. The first-order chi connectivity index (χ1) is 12.0. The number of carbonyl (C=O) groups is 1. The lowest BCUT2D eigenvalue weighted by Crippen LogP contribution is -2.30. The maximum absolute atomic E-state index is 12.6. The molecule has 0 bridgehead atoms. The van der Waals surface area contributed by atoms with Gasteiger partial charge in [-0.3, -0.25) is 4.79 Å². The molecule has 1 amide bonds. The van der Waals surface area contributed by atoms with E-state index in [0.29, 0.717) is 29.4 Å². The number of nitrogens with zero attached hydrogens (tertiary/aromatic N) is 2. The highest BCUT2D eigenvalue weighted by molar-refractivity contribution is 5.98. The fourth-order valence-electron chi connectivity index (χ4n) is 2.64. The molecule has 1 aromatic carbocycles. The zero-order valence-corrected chi connectivity index (χ0v) is 15.3. The van der Waals surface area contributed by atoms with E-state index in [1.165, 1.54) is 21.3 Å². The van der Waals surface area contributed by atoms with E-state index in [4.69, 9.17) is 14.2 Å². The molecular weight excluding hydrogens is 322 g/mol. The zero-order chi connectivity index (χ0) is 18.4. The lowest BCUT2D eigenvalue weighted by Gasteiger charge is -2.17. The predicted octanol–water partition coefficient (Wildman–Crippen LogP) is 2.28. The first kappa shape index (κ1) is 18.6. The van der Waals surface area contributed by atoms with Crippen LogP contribution in [0.3, 0.4) is 0 Å². The largest absolute Gasteiger partial charge is 0.493 e. The van der Waals surface area contributed by atoms with Crippen LogP contribution in [0.1, 0.15) is 23.1 Å². The Hall–Kier alpha value is -2.70. The third kappa shape index (κ3) is 4.23. The summed E-state index contributed by atoms with van der Waals surface area (Å²) in [5, 5.41) is 2.95. The van der Waals surface area contributed by atoms with Crippen molar-refractivity contribution in [2.24, 2.45) is 5.92 Å². The van der Waals surface area contributed by atoms with E-state index in [1.54, 1.807) is 18.3 Å². The monoisotopic (exact) mass is 347 g/mol. The summed E-state index contributed by atoms with van der Waals surface area (Å²) in [6.07, 6.45) is 3.71. The number of carbonyl (C=O) groups excluding carboxylic acids is 1. The van der Waals surface area contributed by atoms with E-state index in [-0.39, 0.29) is 11.8 Å². The summed E-state index contributed by atoms with van der Waals surface area (Å²) in [5.41, 5.74) is 0.408. The standard InChI is InChI=1S/C18H25N3O4/c1-12(11-21-9-8-19-13(21)2)10-20-18(22)14-6-7-15(23-3)17(25-5)16(14)24-4/h6-9,12H,10-11H2,1-5H3,(H,20,22). The lowest BCUT2D eigenvalue weighted by atomic mass is 10.1. The van der Waals surface area contributed by atoms with Crippen LogP contribution < -0.4 is 19.5 Å². The van der Waals surface area contributed by atoms with Crippen molar-refractivity contribution in [1.82, 2.24) is 14.9 Å². The predicted molar refractivity (Wildman–Crippen MR) is 94.6 cm³/mol. The van der Waals surface area contributed by atoms with Gasteiger partial charge in [-0.15, -0.1) is 0 Å². The quantitative estimate of drug-likeness (QED) is 0.793. The molecule has 2 rings (SSSR count). The molecule has 7 heteroatoms. The third-order valence-electron chi connectivity index (χ3n) is 3.99. The van der Waals surface area contributed by atoms with Crippen LogP contribution in [0.5, 0.6) is 17.2 Å². The van der Waals surface area contributed by atoms with Crippen molar-refractivity contribution in [3.63, 3.8) is 0 Å². The van der Waals surface area contributed by atoms with Gasteiger partial charge in [0.05, 0.1) is 26.9 Å². The van der Waals surface area contributed by atoms with Crippen molar-refractivity contribution < 1.29 is 19.0 Å². The number of hydrogen-bond acceptors (Lipinski definition) is 5. The Morgan fingerprint density at radius 2 is 1.92 bits per heavy atom. The summed E-state index contributed by atoms with van der Waals surface area (Å²) in [5.74, 6) is 2.27. The average molecular weight is 347 g/mol. The maximum atomic E-state index is 12.6. The Bertz CT molecular complexity index is 727. The topological polar surface area (TPSA) is 74.6 Å². The molecule has 0 spiro atoms. The van der Waals surface area contributed by atoms with Gasteiger partial charge in [0.25, 0.3) is 5.91 Å². The fraction of sp³-hybridized carbons (Fsp3) is 0.444.